The Hall–Kier alpha value is -3.16. The van der Waals surface area contributed by atoms with Gasteiger partial charge in [0.25, 0.3) is 0 Å². The Balaban J connectivity index is 3.10. The summed E-state index contributed by atoms with van der Waals surface area (Å²) >= 11 is 1.47. The van der Waals surface area contributed by atoms with Crippen LogP contribution in [0.4, 0.5) is 0 Å². The van der Waals surface area contributed by atoms with Crippen LogP contribution in [-0.2, 0) is 30.4 Å². The summed E-state index contributed by atoms with van der Waals surface area (Å²) in [6, 6.07) is 3.04. The van der Waals surface area contributed by atoms with Crippen LogP contribution in [0.5, 0.6) is 0 Å². The van der Waals surface area contributed by atoms with E-state index in [-0.39, 0.29) is 6.42 Å². The lowest BCUT2D eigenvalue weighted by Crippen LogP contribution is -2.59. The van der Waals surface area contributed by atoms with Gasteiger partial charge in [-0.05, 0) is 30.9 Å². The van der Waals surface area contributed by atoms with Crippen molar-refractivity contribution >= 4 is 41.4 Å². The number of carboxylic acid groups (broad SMARTS) is 2. The van der Waals surface area contributed by atoms with Crippen LogP contribution >= 0.6 is 11.8 Å². The Morgan fingerprint density at radius 3 is 2.03 bits per heavy atom. The Morgan fingerprint density at radius 2 is 1.51 bits per heavy atom. The summed E-state index contributed by atoms with van der Waals surface area (Å²) in [6.07, 6.45) is -0.117. The quantitative estimate of drug-likeness (QED) is 0.148. The van der Waals surface area contributed by atoms with Gasteiger partial charge < -0.3 is 37.0 Å². The minimum absolute atomic E-state index is 0.0640. The molecule has 0 fully saturated rings. The summed E-state index contributed by atoms with van der Waals surface area (Å²) < 4.78 is 0. The zero-order valence-electron chi connectivity index (χ0n) is 19.5. The topological polar surface area (TPSA) is 208 Å². The molecule has 1 aromatic carbocycles. The molecule has 12 nitrogen and oxygen atoms in total. The van der Waals surface area contributed by atoms with E-state index >= 15 is 0 Å². The number of hydrogen-bond acceptors (Lipinski definition) is 8. The molecule has 0 radical (unpaired) electrons. The van der Waals surface area contributed by atoms with Crippen molar-refractivity contribution in [2.45, 2.75) is 56.5 Å². The maximum absolute atomic E-state index is 12.9. The third kappa shape index (κ3) is 10.8. The molecule has 0 aliphatic carbocycles. The monoisotopic (exact) mass is 512 g/mol. The van der Waals surface area contributed by atoms with E-state index in [1.807, 2.05) is 6.26 Å². The predicted molar refractivity (Wildman–Crippen MR) is 128 cm³/mol. The van der Waals surface area contributed by atoms with Crippen LogP contribution < -0.4 is 21.7 Å². The molecule has 5 atom stereocenters. The SMILES string of the molecule is CSCCC(N)C(=O)NC(CC(=O)O)C(=O)NC(Cc1ccccc1)C(=O)NC(C(=O)O)C(C)O. The molecule has 0 aliphatic rings. The first-order valence-electron chi connectivity index (χ1n) is 10.8. The van der Waals surface area contributed by atoms with Gasteiger partial charge in [0.15, 0.2) is 6.04 Å². The van der Waals surface area contributed by atoms with E-state index in [2.05, 4.69) is 16.0 Å². The van der Waals surface area contributed by atoms with Crippen molar-refractivity contribution in [3.05, 3.63) is 35.9 Å². The fourth-order valence-electron chi connectivity index (χ4n) is 3.01. The second kappa shape index (κ2) is 15.0. The Morgan fingerprint density at radius 1 is 0.943 bits per heavy atom. The van der Waals surface area contributed by atoms with Gasteiger partial charge in [-0.1, -0.05) is 30.3 Å². The highest BCUT2D eigenvalue weighted by Crippen LogP contribution is 2.07. The molecular weight excluding hydrogens is 480 g/mol. The van der Waals surface area contributed by atoms with Crippen molar-refractivity contribution in [1.29, 1.82) is 0 Å². The van der Waals surface area contributed by atoms with Crippen LogP contribution in [0.2, 0.25) is 0 Å². The minimum Gasteiger partial charge on any atom is -0.481 e. The summed E-state index contributed by atoms with van der Waals surface area (Å²) in [5, 5.41) is 35.0. The minimum atomic E-state index is -1.64. The van der Waals surface area contributed by atoms with E-state index < -0.39 is 66.4 Å². The largest absolute Gasteiger partial charge is 0.481 e. The molecule has 0 saturated carbocycles. The standard InChI is InChI=1S/C22H32N4O8S/c1-12(27)18(22(33)34)26-21(32)15(10-13-6-4-3-5-7-13)25-20(31)16(11-17(28)29)24-19(30)14(23)8-9-35-2/h3-7,12,14-16,18,27H,8-11,23H2,1-2H3,(H,24,30)(H,25,31)(H,26,32)(H,28,29)(H,33,34). The molecule has 3 amide bonds. The lowest BCUT2D eigenvalue weighted by atomic mass is 10.0. The maximum Gasteiger partial charge on any atom is 0.328 e. The molecule has 1 aromatic rings. The van der Waals surface area contributed by atoms with Gasteiger partial charge in [0, 0.05) is 6.42 Å². The lowest BCUT2D eigenvalue weighted by molar-refractivity contribution is -0.145. The van der Waals surface area contributed by atoms with E-state index in [0.717, 1.165) is 0 Å². The Labute approximate surface area is 207 Å². The molecule has 0 saturated heterocycles. The van der Waals surface area contributed by atoms with Crippen molar-refractivity contribution in [2.24, 2.45) is 5.73 Å². The summed E-state index contributed by atoms with van der Waals surface area (Å²) in [7, 11) is 0. The predicted octanol–water partition coefficient (Wildman–Crippen LogP) is -1.30. The summed E-state index contributed by atoms with van der Waals surface area (Å²) in [6.45, 7) is 1.18. The second-order valence-corrected chi connectivity index (χ2v) is 8.85. The van der Waals surface area contributed by atoms with Crippen molar-refractivity contribution in [3.63, 3.8) is 0 Å². The van der Waals surface area contributed by atoms with Gasteiger partial charge in [0.1, 0.15) is 12.1 Å². The highest BCUT2D eigenvalue weighted by Gasteiger charge is 2.32. The molecular formula is C22H32N4O8S. The van der Waals surface area contributed by atoms with Crippen LogP contribution in [0.1, 0.15) is 25.3 Å². The lowest BCUT2D eigenvalue weighted by Gasteiger charge is -2.25. The molecule has 5 unspecified atom stereocenters. The van der Waals surface area contributed by atoms with E-state index in [0.29, 0.717) is 17.7 Å². The maximum atomic E-state index is 12.9. The van der Waals surface area contributed by atoms with Gasteiger partial charge in [-0.3, -0.25) is 19.2 Å². The highest BCUT2D eigenvalue weighted by atomic mass is 32.2. The number of aliphatic carboxylic acids is 2. The first kappa shape index (κ1) is 29.9. The van der Waals surface area contributed by atoms with E-state index in [9.17, 15) is 39.3 Å². The molecule has 35 heavy (non-hydrogen) atoms. The van der Waals surface area contributed by atoms with E-state index in [1.165, 1.54) is 18.7 Å². The van der Waals surface area contributed by atoms with Crippen LogP contribution in [0, 0.1) is 0 Å². The Bertz CT molecular complexity index is 883. The second-order valence-electron chi connectivity index (χ2n) is 7.86. The third-order valence-electron chi connectivity index (χ3n) is 4.94. The number of nitrogens with two attached hydrogens (primary N) is 1. The van der Waals surface area contributed by atoms with Crippen molar-refractivity contribution < 1.29 is 39.3 Å². The van der Waals surface area contributed by atoms with Gasteiger partial charge in [-0.25, -0.2) is 4.79 Å². The highest BCUT2D eigenvalue weighted by molar-refractivity contribution is 7.98. The van der Waals surface area contributed by atoms with Gasteiger partial charge >= 0.3 is 11.9 Å². The first-order valence-corrected chi connectivity index (χ1v) is 12.2. The van der Waals surface area contributed by atoms with E-state index in [1.54, 1.807) is 30.3 Å². The number of rotatable bonds is 15. The number of carbonyl (C=O) groups excluding carboxylic acids is 3. The van der Waals surface area contributed by atoms with Gasteiger partial charge in [0.2, 0.25) is 17.7 Å². The summed E-state index contributed by atoms with van der Waals surface area (Å²) in [5.74, 6) is -4.85. The molecule has 0 spiro atoms. The number of carbonyl (C=O) groups is 5. The number of aliphatic hydroxyl groups is 1. The van der Waals surface area contributed by atoms with Crippen LogP contribution in [0.3, 0.4) is 0 Å². The number of carboxylic acids is 2. The number of benzene rings is 1. The number of amides is 3. The van der Waals surface area contributed by atoms with Gasteiger partial charge in [-0.15, -0.1) is 0 Å². The van der Waals surface area contributed by atoms with Crippen molar-refractivity contribution in [3.8, 4) is 0 Å². The first-order chi connectivity index (χ1) is 16.5. The molecule has 0 aliphatic heterocycles. The Kier molecular flexibility index (Phi) is 12.8. The number of hydrogen-bond donors (Lipinski definition) is 7. The zero-order chi connectivity index (χ0) is 26.5. The van der Waals surface area contributed by atoms with Crippen LogP contribution in [0.25, 0.3) is 0 Å². The molecule has 13 heteroatoms. The number of thioether (sulfide) groups is 1. The average Bonchev–Trinajstić information content (AvgIpc) is 2.79. The third-order valence-corrected chi connectivity index (χ3v) is 5.59. The van der Waals surface area contributed by atoms with Crippen LogP contribution in [-0.4, -0.2) is 87.3 Å². The van der Waals surface area contributed by atoms with Crippen molar-refractivity contribution in [1.82, 2.24) is 16.0 Å². The summed E-state index contributed by atoms with van der Waals surface area (Å²) in [4.78, 5) is 60.8. The smallest absolute Gasteiger partial charge is 0.328 e. The molecule has 194 valence electrons. The fourth-order valence-corrected chi connectivity index (χ4v) is 3.50. The van der Waals surface area contributed by atoms with E-state index in [4.69, 9.17) is 5.73 Å². The zero-order valence-corrected chi connectivity index (χ0v) is 20.3. The van der Waals surface area contributed by atoms with Gasteiger partial charge in [0.05, 0.1) is 18.6 Å². The number of aliphatic hydroxyl groups excluding tert-OH is 1. The molecule has 0 heterocycles. The average molecular weight is 513 g/mol. The fraction of sp³-hybridized carbons (Fsp3) is 0.500. The molecule has 8 N–H and O–H groups in total. The molecule has 0 bridgehead atoms. The summed E-state index contributed by atoms with van der Waals surface area (Å²) in [5.41, 5.74) is 6.42. The normalized spacial score (nSPS) is 15.1. The van der Waals surface area contributed by atoms with Gasteiger partial charge in [-0.2, -0.15) is 11.8 Å². The van der Waals surface area contributed by atoms with Crippen LogP contribution in [0.15, 0.2) is 30.3 Å². The molecule has 1 rings (SSSR count). The number of nitrogens with one attached hydrogen (secondary N) is 3. The van der Waals surface area contributed by atoms with Crippen molar-refractivity contribution in [2.75, 3.05) is 12.0 Å². The molecule has 0 aromatic heterocycles.